The molecule has 1 heterocycles. The molecule has 1 saturated carbocycles. The van der Waals surface area contributed by atoms with E-state index in [2.05, 4.69) is 11.4 Å². The molecule has 3 aliphatic rings. The van der Waals surface area contributed by atoms with E-state index < -0.39 is 29.8 Å². The van der Waals surface area contributed by atoms with E-state index in [0.717, 1.165) is 42.0 Å². The number of aryl methyl sites for hydroxylation is 1. The first kappa shape index (κ1) is 27.5. The van der Waals surface area contributed by atoms with Gasteiger partial charge in [0.05, 0.1) is 6.04 Å². The van der Waals surface area contributed by atoms with Crippen molar-refractivity contribution in [2.45, 2.75) is 71.0 Å². The minimum atomic E-state index is -1.54. The van der Waals surface area contributed by atoms with E-state index in [-0.39, 0.29) is 42.4 Å². The number of Topliss-reactive ketones (excluding diaryl/α,β-unsaturated/α-hetero) is 1. The molecule has 200 valence electrons. The number of alkyl halides is 1. The highest BCUT2D eigenvalue weighted by Gasteiger charge is 2.46. The molecule has 37 heavy (non-hydrogen) atoms. The Morgan fingerprint density at radius 1 is 1.22 bits per heavy atom. The lowest BCUT2D eigenvalue weighted by Gasteiger charge is -2.37. The van der Waals surface area contributed by atoms with Gasteiger partial charge in [-0.1, -0.05) is 30.7 Å². The van der Waals surface area contributed by atoms with Crippen LogP contribution in [0.15, 0.2) is 36.2 Å². The van der Waals surface area contributed by atoms with Gasteiger partial charge in [-0.25, -0.2) is 8.78 Å². The highest BCUT2D eigenvalue weighted by molar-refractivity contribution is 6.31. The van der Waals surface area contributed by atoms with Crippen LogP contribution in [-0.4, -0.2) is 41.8 Å². The molecule has 5 nitrogen and oxygen atoms in total. The zero-order valence-electron chi connectivity index (χ0n) is 21.6. The van der Waals surface area contributed by atoms with Crippen molar-refractivity contribution in [1.29, 1.82) is 0 Å². The van der Waals surface area contributed by atoms with Gasteiger partial charge in [0, 0.05) is 49.7 Å². The van der Waals surface area contributed by atoms with Crippen molar-refractivity contribution >= 4 is 29.2 Å². The number of nitrogens with one attached hydrogen (secondary N) is 1. The number of ketones is 1. The molecule has 1 N–H and O–H groups in total. The fourth-order valence-corrected chi connectivity index (χ4v) is 6.40. The molecule has 1 saturated heterocycles. The molecule has 0 radical (unpaired) electrons. The molecule has 2 unspecified atom stereocenters. The number of benzene rings is 1. The smallest absolute Gasteiger partial charge is 0.226 e. The summed E-state index contributed by atoms with van der Waals surface area (Å²) >= 11 is 6.50. The minimum absolute atomic E-state index is 0.0450. The summed E-state index contributed by atoms with van der Waals surface area (Å²) in [7, 11) is 0. The number of nitrogens with zero attached hydrogens (tertiary/aromatic N) is 1. The predicted molar refractivity (Wildman–Crippen MR) is 140 cm³/mol. The number of allylic oxidation sites excluding steroid dienone is 4. The van der Waals surface area contributed by atoms with Crippen molar-refractivity contribution in [2.75, 3.05) is 13.1 Å². The van der Waals surface area contributed by atoms with Gasteiger partial charge in [0.1, 0.15) is 17.8 Å². The second-order valence-electron chi connectivity index (χ2n) is 10.6. The topological polar surface area (TPSA) is 66.5 Å². The lowest BCUT2D eigenvalue weighted by molar-refractivity contribution is -0.139. The molecule has 0 spiro atoms. The van der Waals surface area contributed by atoms with Crippen LogP contribution in [0.5, 0.6) is 0 Å². The maximum atomic E-state index is 14.6. The molecule has 2 amide bonds. The molecule has 1 aliphatic heterocycles. The van der Waals surface area contributed by atoms with Crippen molar-refractivity contribution < 1.29 is 23.2 Å². The van der Waals surface area contributed by atoms with Crippen molar-refractivity contribution in [1.82, 2.24) is 10.2 Å². The number of carbonyl (C=O) groups excluding carboxylic acids is 3. The molecule has 1 aromatic carbocycles. The number of likely N-dealkylation sites (tertiary alicyclic amines) is 1. The third-order valence-corrected chi connectivity index (χ3v) is 8.58. The Hall–Kier alpha value is -2.54. The van der Waals surface area contributed by atoms with Crippen LogP contribution >= 0.6 is 11.6 Å². The first-order valence-electron chi connectivity index (χ1n) is 13.2. The predicted octanol–water partition coefficient (Wildman–Crippen LogP) is 5.91. The van der Waals surface area contributed by atoms with E-state index in [0.29, 0.717) is 18.1 Å². The number of carbonyl (C=O) groups is 3. The fourth-order valence-electron chi connectivity index (χ4n) is 6.23. The average molecular weight is 533 g/mol. The first-order chi connectivity index (χ1) is 17.6. The standard InChI is InChI=1S/C29H35ClF2N2O3/c1-4-28(33-17(3)35)24-11-16(2)26(30)15-22(24)18-7-9-34(10-8-18)29(37)25-14-20(36)13-23(25)21-6-5-19(31)12-27(21)32/h5-6,11-12,15,18,21,23,25,27-28H,4,7-10,13-14H2,1-3H3,(H,33,35)/t21?,23-,25+,27?,28-/m0/s1. The summed E-state index contributed by atoms with van der Waals surface area (Å²) in [5.74, 6) is -2.42. The second kappa shape index (κ2) is 11.5. The van der Waals surface area contributed by atoms with E-state index in [4.69, 9.17) is 11.6 Å². The van der Waals surface area contributed by atoms with Crippen molar-refractivity contribution in [3.8, 4) is 0 Å². The third-order valence-electron chi connectivity index (χ3n) is 8.18. The summed E-state index contributed by atoms with van der Waals surface area (Å²) in [6.45, 7) is 6.54. The van der Waals surface area contributed by atoms with Crippen LogP contribution in [0, 0.1) is 24.7 Å². The van der Waals surface area contributed by atoms with E-state index in [1.165, 1.54) is 19.1 Å². The molecule has 4 rings (SSSR count). The lowest BCUT2D eigenvalue weighted by Crippen LogP contribution is -2.44. The van der Waals surface area contributed by atoms with Crippen LogP contribution in [0.3, 0.4) is 0 Å². The first-order valence-corrected chi connectivity index (χ1v) is 13.5. The molecule has 0 bridgehead atoms. The van der Waals surface area contributed by atoms with E-state index in [1.54, 1.807) is 4.90 Å². The number of hydrogen-bond acceptors (Lipinski definition) is 3. The van der Waals surface area contributed by atoms with Gasteiger partial charge in [-0.05, 0) is 72.9 Å². The maximum absolute atomic E-state index is 14.6. The summed E-state index contributed by atoms with van der Waals surface area (Å²) in [5, 5.41) is 3.72. The van der Waals surface area contributed by atoms with Crippen LogP contribution in [0.4, 0.5) is 8.78 Å². The molecule has 2 aliphatic carbocycles. The van der Waals surface area contributed by atoms with E-state index >= 15 is 0 Å². The quantitative estimate of drug-likeness (QED) is 0.495. The van der Waals surface area contributed by atoms with Crippen LogP contribution in [-0.2, 0) is 14.4 Å². The summed E-state index contributed by atoms with van der Waals surface area (Å²) in [6, 6.07) is 3.93. The monoisotopic (exact) mass is 532 g/mol. The second-order valence-corrected chi connectivity index (χ2v) is 11.0. The van der Waals surface area contributed by atoms with Crippen molar-refractivity contribution in [3.05, 3.63) is 57.9 Å². The zero-order chi connectivity index (χ0) is 26.9. The summed E-state index contributed by atoms with van der Waals surface area (Å²) < 4.78 is 28.1. The Morgan fingerprint density at radius 3 is 2.54 bits per heavy atom. The largest absolute Gasteiger partial charge is 0.350 e. The molecule has 5 atom stereocenters. The molecule has 1 aromatic rings. The molecular formula is C29H35ClF2N2O3. The molecule has 8 heteroatoms. The Morgan fingerprint density at radius 2 is 1.92 bits per heavy atom. The van der Waals surface area contributed by atoms with Crippen LogP contribution in [0.1, 0.15) is 74.6 Å². The Labute approximate surface area is 222 Å². The van der Waals surface area contributed by atoms with Gasteiger partial charge in [-0.3, -0.25) is 14.4 Å². The van der Waals surface area contributed by atoms with E-state index in [9.17, 15) is 23.2 Å². The van der Waals surface area contributed by atoms with Crippen molar-refractivity contribution in [2.24, 2.45) is 17.8 Å². The van der Waals surface area contributed by atoms with Gasteiger partial charge >= 0.3 is 0 Å². The van der Waals surface area contributed by atoms with Crippen LogP contribution < -0.4 is 5.32 Å². The van der Waals surface area contributed by atoms with Gasteiger partial charge in [0.25, 0.3) is 0 Å². The zero-order valence-corrected chi connectivity index (χ0v) is 22.4. The van der Waals surface area contributed by atoms with Gasteiger partial charge in [0.15, 0.2) is 0 Å². The summed E-state index contributed by atoms with van der Waals surface area (Å²) in [4.78, 5) is 39.5. The number of hydrogen-bond donors (Lipinski definition) is 1. The Bertz CT molecular complexity index is 1130. The van der Waals surface area contributed by atoms with Crippen LogP contribution in [0.25, 0.3) is 0 Å². The third kappa shape index (κ3) is 5.97. The number of halogens is 3. The SMILES string of the molecule is CC[C@H](NC(C)=O)c1cc(C)c(Cl)cc1C1CCN(C(=O)[C@@H]2CC(=O)C[C@H]2C2C=CC(F)=CC2F)CC1. The highest BCUT2D eigenvalue weighted by atomic mass is 35.5. The van der Waals surface area contributed by atoms with Gasteiger partial charge in [-0.15, -0.1) is 0 Å². The lowest BCUT2D eigenvalue weighted by atomic mass is 9.78. The molecule has 0 aromatic heterocycles. The van der Waals surface area contributed by atoms with Crippen LogP contribution in [0.2, 0.25) is 5.02 Å². The molecule has 2 fully saturated rings. The maximum Gasteiger partial charge on any atom is 0.226 e. The van der Waals surface area contributed by atoms with Crippen molar-refractivity contribution in [3.63, 3.8) is 0 Å². The Balaban J connectivity index is 1.48. The minimum Gasteiger partial charge on any atom is -0.350 e. The van der Waals surface area contributed by atoms with E-state index in [1.807, 2.05) is 19.9 Å². The van der Waals surface area contributed by atoms with Gasteiger partial charge in [-0.2, -0.15) is 0 Å². The number of amides is 2. The van der Waals surface area contributed by atoms with Gasteiger partial charge < -0.3 is 10.2 Å². The highest BCUT2D eigenvalue weighted by Crippen LogP contribution is 2.42. The average Bonchev–Trinajstić information content (AvgIpc) is 3.24. The normalized spacial score (nSPS) is 27.2. The number of piperidine rings is 1. The summed E-state index contributed by atoms with van der Waals surface area (Å²) in [5.41, 5.74) is 3.11. The summed E-state index contributed by atoms with van der Waals surface area (Å²) in [6.07, 6.45) is 4.53. The van der Waals surface area contributed by atoms with Gasteiger partial charge in [0.2, 0.25) is 11.8 Å². The fraction of sp³-hybridized carbons (Fsp3) is 0.552. The Kier molecular flexibility index (Phi) is 8.52. The number of rotatable bonds is 6. The molecular weight excluding hydrogens is 498 g/mol.